The molecule has 0 radical (unpaired) electrons. The first kappa shape index (κ1) is 12.6. The number of halogens is 3. The van der Waals surface area contributed by atoms with Crippen molar-refractivity contribution in [2.24, 2.45) is 0 Å². The molecule has 7 heteroatoms. The van der Waals surface area contributed by atoms with Crippen LogP contribution in [0.5, 0.6) is 0 Å². The van der Waals surface area contributed by atoms with Gasteiger partial charge in [-0.05, 0) is 31.2 Å². The monoisotopic (exact) mass is 258 g/mol. The Morgan fingerprint density at radius 3 is 2.28 bits per heavy atom. The van der Waals surface area contributed by atoms with Crippen LogP contribution in [0.15, 0.2) is 28.8 Å². The Bertz CT molecular complexity index is 532. The van der Waals surface area contributed by atoms with Gasteiger partial charge in [-0.3, -0.25) is 0 Å². The zero-order valence-electron chi connectivity index (χ0n) is 9.27. The standard InChI is InChI=1S/C11H9F3N2O2/c1-6(17)9-15-10(18-16-9)7-2-4-8(5-3-7)11(12,13)14/h2-6,17H,1H3. The Labute approximate surface area is 100 Å². The highest BCUT2D eigenvalue weighted by Gasteiger charge is 2.30. The first-order valence-electron chi connectivity index (χ1n) is 5.07. The van der Waals surface area contributed by atoms with Gasteiger partial charge >= 0.3 is 6.18 Å². The van der Waals surface area contributed by atoms with E-state index >= 15 is 0 Å². The van der Waals surface area contributed by atoms with Gasteiger partial charge in [-0.1, -0.05) is 5.16 Å². The van der Waals surface area contributed by atoms with Gasteiger partial charge in [0.05, 0.1) is 5.56 Å². The summed E-state index contributed by atoms with van der Waals surface area (Å²) in [5, 5.41) is 12.7. The van der Waals surface area contributed by atoms with Crippen LogP contribution >= 0.6 is 0 Å². The highest BCUT2D eigenvalue weighted by molar-refractivity contribution is 5.53. The molecule has 0 saturated heterocycles. The molecule has 4 nitrogen and oxygen atoms in total. The first-order valence-corrected chi connectivity index (χ1v) is 5.07. The summed E-state index contributed by atoms with van der Waals surface area (Å²) in [6, 6.07) is 4.34. The zero-order valence-corrected chi connectivity index (χ0v) is 9.27. The second-order valence-corrected chi connectivity index (χ2v) is 3.71. The third-order valence-electron chi connectivity index (χ3n) is 2.27. The molecule has 1 aromatic carbocycles. The van der Waals surface area contributed by atoms with E-state index in [1.165, 1.54) is 19.1 Å². The molecule has 0 amide bonds. The molecule has 0 aliphatic heterocycles. The number of aliphatic hydroxyl groups is 1. The van der Waals surface area contributed by atoms with Crippen molar-refractivity contribution in [3.8, 4) is 11.5 Å². The summed E-state index contributed by atoms with van der Waals surface area (Å²) in [6.45, 7) is 1.46. The number of aliphatic hydroxyl groups excluding tert-OH is 1. The molecule has 0 fully saturated rings. The van der Waals surface area contributed by atoms with Crippen molar-refractivity contribution in [1.29, 1.82) is 0 Å². The molecule has 1 N–H and O–H groups in total. The Hall–Kier alpha value is -1.89. The van der Waals surface area contributed by atoms with Gasteiger partial charge in [0.25, 0.3) is 5.89 Å². The maximum absolute atomic E-state index is 12.3. The summed E-state index contributed by atoms with van der Waals surface area (Å²) in [5.41, 5.74) is -0.385. The third-order valence-corrected chi connectivity index (χ3v) is 2.27. The molecule has 1 aromatic heterocycles. The normalized spacial score (nSPS) is 13.6. The van der Waals surface area contributed by atoms with Gasteiger partial charge in [-0.15, -0.1) is 0 Å². The maximum Gasteiger partial charge on any atom is 0.416 e. The van der Waals surface area contributed by atoms with Crippen LogP contribution < -0.4 is 0 Å². The van der Waals surface area contributed by atoms with Gasteiger partial charge in [0, 0.05) is 5.56 Å². The molecule has 1 heterocycles. The van der Waals surface area contributed by atoms with Gasteiger partial charge in [-0.2, -0.15) is 18.2 Å². The average molecular weight is 258 g/mol. The van der Waals surface area contributed by atoms with Crippen LogP contribution in [-0.4, -0.2) is 15.2 Å². The topological polar surface area (TPSA) is 59.2 Å². The van der Waals surface area contributed by atoms with E-state index in [9.17, 15) is 18.3 Å². The summed E-state index contributed by atoms with van der Waals surface area (Å²) < 4.78 is 41.9. The predicted octanol–water partition coefficient (Wildman–Crippen LogP) is 2.81. The van der Waals surface area contributed by atoms with E-state index in [1.807, 2.05) is 0 Å². The van der Waals surface area contributed by atoms with Crippen molar-refractivity contribution in [2.45, 2.75) is 19.2 Å². The van der Waals surface area contributed by atoms with Gasteiger partial charge in [0.15, 0.2) is 5.82 Å². The lowest BCUT2D eigenvalue weighted by molar-refractivity contribution is -0.137. The van der Waals surface area contributed by atoms with Crippen LogP contribution in [0.3, 0.4) is 0 Å². The van der Waals surface area contributed by atoms with E-state index in [2.05, 4.69) is 10.1 Å². The molecule has 96 valence electrons. The maximum atomic E-state index is 12.3. The van der Waals surface area contributed by atoms with Crippen molar-refractivity contribution in [2.75, 3.05) is 0 Å². The molecular formula is C11H9F3N2O2. The highest BCUT2D eigenvalue weighted by atomic mass is 19.4. The lowest BCUT2D eigenvalue weighted by atomic mass is 10.1. The van der Waals surface area contributed by atoms with Crippen LogP contribution in [0.2, 0.25) is 0 Å². The summed E-state index contributed by atoms with van der Waals surface area (Å²) >= 11 is 0. The van der Waals surface area contributed by atoms with Crippen molar-refractivity contribution in [1.82, 2.24) is 10.1 Å². The minimum absolute atomic E-state index is 0.0691. The number of hydrogen-bond acceptors (Lipinski definition) is 4. The second-order valence-electron chi connectivity index (χ2n) is 3.71. The molecule has 0 aliphatic carbocycles. The minimum Gasteiger partial charge on any atom is -0.385 e. The average Bonchev–Trinajstić information content (AvgIpc) is 2.77. The van der Waals surface area contributed by atoms with E-state index in [0.717, 1.165) is 12.1 Å². The number of aromatic nitrogens is 2. The number of hydrogen-bond donors (Lipinski definition) is 1. The molecule has 0 saturated carbocycles. The SMILES string of the molecule is CC(O)c1noc(-c2ccc(C(F)(F)F)cc2)n1. The Balaban J connectivity index is 2.29. The van der Waals surface area contributed by atoms with E-state index in [0.29, 0.717) is 5.56 Å². The lowest BCUT2D eigenvalue weighted by Crippen LogP contribution is -2.04. The van der Waals surface area contributed by atoms with Crippen LogP contribution in [0.4, 0.5) is 13.2 Å². The fourth-order valence-corrected chi connectivity index (χ4v) is 1.32. The smallest absolute Gasteiger partial charge is 0.385 e. The highest BCUT2D eigenvalue weighted by Crippen LogP contribution is 2.30. The Kier molecular flexibility index (Phi) is 3.08. The summed E-state index contributed by atoms with van der Waals surface area (Å²) in [6.07, 6.45) is -5.27. The lowest BCUT2D eigenvalue weighted by Gasteiger charge is -2.05. The van der Waals surface area contributed by atoms with E-state index in [1.54, 1.807) is 0 Å². The number of rotatable bonds is 2. The predicted molar refractivity (Wildman–Crippen MR) is 55.4 cm³/mol. The largest absolute Gasteiger partial charge is 0.416 e. The van der Waals surface area contributed by atoms with Crippen molar-refractivity contribution >= 4 is 0 Å². The minimum atomic E-state index is -4.38. The second kappa shape index (κ2) is 4.41. The fraction of sp³-hybridized carbons (Fsp3) is 0.273. The molecule has 0 aliphatic rings. The number of nitrogens with zero attached hydrogens (tertiary/aromatic N) is 2. The summed E-state index contributed by atoms with van der Waals surface area (Å²) in [7, 11) is 0. The molecule has 2 rings (SSSR count). The van der Waals surface area contributed by atoms with E-state index < -0.39 is 17.8 Å². The van der Waals surface area contributed by atoms with Crippen LogP contribution in [0.25, 0.3) is 11.5 Å². The van der Waals surface area contributed by atoms with Gasteiger partial charge < -0.3 is 9.63 Å². The van der Waals surface area contributed by atoms with E-state index in [4.69, 9.17) is 4.52 Å². The van der Waals surface area contributed by atoms with Gasteiger partial charge in [-0.25, -0.2) is 0 Å². The summed E-state index contributed by atoms with van der Waals surface area (Å²) in [4.78, 5) is 3.86. The van der Waals surface area contributed by atoms with Crippen LogP contribution in [0.1, 0.15) is 24.4 Å². The third kappa shape index (κ3) is 2.51. The van der Waals surface area contributed by atoms with E-state index in [-0.39, 0.29) is 11.7 Å². The molecule has 18 heavy (non-hydrogen) atoms. The number of benzene rings is 1. The summed E-state index contributed by atoms with van der Waals surface area (Å²) in [5.74, 6) is 0.157. The zero-order chi connectivity index (χ0) is 13.3. The van der Waals surface area contributed by atoms with Crippen LogP contribution in [0, 0.1) is 0 Å². The molecule has 0 bridgehead atoms. The van der Waals surface area contributed by atoms with Gasteiger partial charge in [0.2, 0.25) is 0 Å². The molecule has 1 unspecified atom stereocenters. The Morgan fingerprint density at radius 2 is 1.83 bits per heavy atom. The van der Waals surface area contributed by atoms with Crippen LogP contribution in [-0.2, 0) is 6.18 Å². The van der Waals surface area contributed by atoms with Gasteiger partial charge in [0.1, 0.15) is 6.10 Å². The molecule has 1 atom stereocenters. The number of alkyl halides is 3. The first-order chi connectivity index (χ1) is 8.38. The molecular weight excluding hydrogens is 249 g/mol. The quantitative estimate of drug-likeness (QED) is 0.899. The van der Waals surface area contributed by atoms with Crippen molar-refractivity contribution in [3.05, 3.63) is 35.7 Å². The van der Waals surface area contributed by atoms with Crippen molar-refractivity contribution < 1.29 is 22.8 Å². The molecule has 0 spiro atoms. The van der Waals surface area contributed by atoms with Crippen molar-refractivity contribution in [3.63, 3.8) is 0 Å². The molecule has 2 aromatic rings. The Morgan fingerprint density at radius 1 is 1.22 bits per heavy atom. The fourth-order valence-electron chi connectivity index (χ4n) is 1.32.